The first-order valence-corrected chi connectivity index (χ1v) is 7.71. The molecule has 2 heterocycles. The van der Waals surface area contributed by atoms with E-state index in [4.69, 9.17) is 10.5 Å². The zero-order valence-electron chi connectivity index (χ0n) is 12.2. The molecule has 3 rings (SSSR count). The van der Waals surface area contributed by atoms with Crippen LogP contribution in [-0.2, 0) is 4.74 Å². The maximum Gasteiger partial charge on any atom is 0.357 e. The summed E-state index contributed by atoms with van der Waals surface area (Å²) in [7, 11) is 0. The van der Waals surface area contributed by atoms with Gasteiger partial charge in [-0.05, 0) is 31.2 Å². The Hall–Kier alpha value is -2.74. The predicted octanol–water partition coefficient (Wildman–Crippen LogP) is 2.89. The van der Waals surface area contributed by atoms with Crippen LogP contribution in [0.25, 0.3) is 16.4 Å². The third-order valence-corrected chi connectivity index (χ3v) is 3.85. The number of rotatable bonds is 4. The molecule has 0 atom stereocenters. The number of benzene rings is 1. The summed E-state index contributed by atoms with van der Waals surface area (Å²) in [6.45, 7) is 2.01. The van der Waals surface area contributed by atoms with Gasteiger partial charge in [0, 0.05) is 17.0 Å². The lowest BCUT2D eigenvalue weighted by atomic mass is 10.1. The molecule has 0 saturated carbocycles. The number of esters is 1. The fourth-order valence-electron chi connectivity index (χ4n) is 1.97. The van der Waals surface area contributed by atoms with Crippen LogP contribution in [0, 0.1) is 5.82 Å². The molecule has 0 aliphatic heterocycles. The predicted molar refractivity (Wildman–Crippen MR) is 85.0 cm³/mol. The van der Waals surface area contributed by atoms with Crippen LogP contribution in [-0.4, -0.2) is 27.3 Å². The molecule has 0 aliphatic carbocycles. The summed E-state index contributed by atoms with van der Waals surface area (Å²) in [5.74, 6) is -0.436. The average Bonchev–Trinajstić information content (AvgIpc) is 3.15. The fourth-order valence-corrected chi connectivity index (χ4v) is 2.73. The number of nitrogens with zero attached hydrogens (tertiary/aromatic N) is 3. The SMILES string of the molecule is CCOC(=O)c1csc(-n2nc(-c3ccc(F)cc3)cc2N)n1. The summed E-state index contributed by atoms with van der Waals surface area (Å²) in [4.78, 5) is 15.8. The monoisotopic (exact) mass is 332 g/mol. The van der Waals surface area contributed by atoms with Gasteiger partial charge < -0.3 is 10.5 Å². The highest BCUT2D eigenvalue weighted by Crippen LogP contribution is 2.25. The molecule has 118 valence electrons. The van der Waals surface area contributed by atoms with Gasteiger partial charge in [0.15, 0.2) is 5.69 Å². The van der Waals surface area contributed by atoms with Gasteiger partial charge in [0.25, 0.3) is 0 Å². The molecule has 0 spiro atoms. The topological polar surface area (TPSA) is 83.0 Å². The van der Waals surface area contributed by atoms with E-state index >= 15 is 0 Å². The Kier molecular flexibility index (Phi) is 4.07. The van der Waals surface area contributed by atoms with E-state index in [2.05, 4.69) is 10.1 Å². The second-order valence-electron chi connectivity index (χ2n) is 4.61. The van der Waals surface area contributed by atoms with E-state index in [1.54, 1.807) is 30.5 Å². The molecule has 0 amide bonds. The van der Waals surface area contributed by atoms with E-state index in [0.717, 1.165) is 5.56 Å². The normalized spacial score (nSPS) is 10.7. The van der Waals surface area contributed by atoms with Crippen molar-refractivity contribution in [1.29, 1.82) is 0 Å². The van der Waals surface area contributed by atoms with E-state index in [-0.39, 0.29) is 18.1 Å². The van der Waals surface area contributed by atoms with Crippen LogP contribution < -0.4 is 5.73 Å². The number of nitrogens with two attached hydrogens (primary N) is 1. The molecule has 8 heteroatoms. The van der Waals surface area contributed by atoms with Crippen molar-refractivity contribution in [3.63, 3.8) is 0 Å². The van der Waals surface area contributed by atoms with Gasteiger partial charge >= 0.3 is 5.97 Å². The highest BCUT2D eigenvalue weighted by molar-refractivity contribution is 7.12. The first-order valence-electron chi connectivity index (χ1n) is 6.83. The molecule has 1 aromatic carbocycles. The van der Waals surface area contributed by atoms with Crippen molar-refractivity contribution >= 4 is 23.1 Å². The number of hydrogen-bond acceptors (Lipinski definition) is 6. The van der Waals surface area contributed by atoms with E-state index < -0.39 is 5.97 Å². The van der Waals surface area contributed by atoms with Crippen molar-refractivity contribution in [2.75, 3.05) is 12.3 Å². The average molecular weight is 332 g/mol. The van der Waals surface area contributed by atoms with Gasteiger partial charge in [0.05, 0.1) is 12.3 Å². The first kappa shape index (κ1) is 15.2. The second-order valence-corrected chi connectivity index (χ2v) is 5.45. The Bertz CT molecular complexity index is 842. The Morgan fingerprint density at radius 1 is 1.39 bits per heavy atom. The smallest absolute Gasteiger partial charge is 0.357 e. The summed E-state index contributed by atoms with van der Waals surface area (Å²) in [5, 5.41) is 6.41. The van der Waals surface area contributed by atoms with Crippen LogP contribution in [0.15, 0.2) is 35.7 Å². The number of carbonyl (C=O) groups is 1. The first-order chi connectivity index (χ1) is 11.1. The number of thiazole rings is 1. The maximum absolute atomic E-state index is 13.0. The Labute approximate surface area is 135 Å². The zero-order valence-corrected chi connectivity index (χ0v) is 13.0. The van der Waals surface area contributed by atoms with Crippen LogP contribution in [0.4, 0.5) is 10.2 Å². The summed E-state index contributed by atoms with van der Waals surface area (Å²) in [6.07, 6.45) is 0. The van der Waals surface area contributed by atoms with Crippen LogP contribution >= 0.6 is 11.3 Å². The van der Waals surface area contributed by atoms with Gasteiger partial charge in [-0.1, -0.05) is 0 Å². The minimum Gasteiger partial charge on any atom is -0.461 e. The van der Waals surface area contributed by atoms with Crippen molar-refractivity contribution in [2.24, 2.45) is 0 Å². The molecule has 2 aromatic heterocycles. The lowest BCUT2D eigenvalue weighted by molar-refractivity contribution is 0.0520. The number of ether oxygens (including phenoxy) is 1. The summed E-state index contributed by atoms with van der Waals surface area (Å²) < 4.78 is 19.3. The maximum atomic E-state index is 13.0. The van der Waals surface area contributed by atoms with Gasteiger partial charge in [0.1, 0.15) is 11.6 Å². The molecule has 23 heavy (non-hydrogen) atoms. The van der Waals surface area contributed by atoms with Gasteiger partial charge in [-0.3, -0.25) is 0 Å². The molecular formula is C15H13FN4O2S. The lowest BCUT2D eigenvalue weighted by Crippen LogP contribution is -2.06. The largest absolute Gasteiger partial charge is 0.461 e. The highest BCUT2D eigenvalue weighted by Gasteiger charge is 2.16. The fraction of sp³-hybridized carbons (Fsp3) is 0.133. The molecule has 0 bridgehead atoms. The number of nitrogen functional groups attached to an aromatic ring is 1. The molecule has 6 nitrogen and oxygen atoms in total. The third kappa shape index (κ3) is 3.07. The van der Waals surface area contributed by atoms with Gasteiger partial charge in [0.2, 0.25) is 5.13 Å². The zero-order chi connectivity index (χ0) is 16.4. The van der Waals surface area contributed by atoms with Crippen molar-refractivity contribution in [1.82, 2.24) is 14.8 Å². The highest BCUT2D eigenvalue weighted by atomic mass is 32.1. The third-order valence-electron chi connectivity index (χ3n) is 3.03. The van der Waals surface area contributed by atoms with Gasteiger partial charge in [-0.15, -0.1) is 11.3 Å². The molecule has 2 N–H and O–H groups in total. The number of halogens is 1. The van der Waals surface area contributed by atoms with Crippen LogP contribution in [0.5, 0.6) is 0 Å². The molecule has 0 unspecified atom stereocenters. The molecule has 0 saturated heterocycles. The quantitative estimate of drug-likeness (QED) is 0.743. The van der Waals surface area contributed by atoms with Crippen molar-refractivity contribution in [2.45, 2.75) is 6.92 Å². The molecule has 0 fully saturated rings. The number of anilines is 1. The van der Waals surface area contributed by atoms with Crippen molar-refractivity contribution < 1.29 is 13.9 Å². The minimum absolute atomic E-state index is 0.213. The Balaban J connectivity index is 1.92. The Morgan fingerprint density at radius 3 is 2.83 bits per heavy atom. The Morgan fingerprint density at radius 2 is 2.13 bits per heavy atom. The van der Waals surface area contributed by atoms with E-state index in [1.807, 2.05) is 0 Å². The number of aromatic nitrogens is 3. The van der Waals surface area contributed by atoms with Gasteiger partial charge in [-0.2, -0.15) is 9.78 Å². The minimum atomic E-state index is -0.487. The van der Waals surface area contributed by atoms with Crippen molar-refractivity contribution in [3.05, 3.63) is 47.2 Å². The van der Waals surface area contributed by atoms with E-state index in [9.17, 15) is 9.18 Å². The van der Waals surface area contributed by atoms with Crippen LogP contribution in [0.3, 0.4) is 0 Å². The van der Waals surface area contributed by atoms with E-state index in [0.29, 0.717) is 16.6 Å². The second kappa shape index (κ2) is 6.17. The summed E-state index contributed by atoms with van der Waals surface area (Å²) >= 11 is 1.23. The van der Waals surface area contributed by atoms with Crippen LogP contribution in [0.2, 0.25) is 0 Å². The lowest BCUT2D eigenvalue weighted by Gasteiger charge is -1.99. The summed E-state index contributed by atoms with van der Waals surface area (Å²) in [6, 6.07) is 7.61. The van der Waals surface area contributed by atoms with Crippen molar-refractivity contribution in [3.8, 4) is 16.4 Å². The van der Waals surface area contributed by atoms with Gasteiger partial charge in [-0.25, -0.2) is 14.2 Å². The molecular weight excluding hydrogens is 319 g/mol. The number of hydrogen-bond donors (Lipinski definition) is 1. The van der Waals surface area contributed by atoms with Crippen LogP contribution in [0.1, 0.15) is 17.4 Å². The number of carbonyl (C=O) groups excluding carboxylic acids is 1. The molecule has 0 radical (unpaired) electrons. The summed E-state index contributed by atoms with van der Waals surface area (Å²) in [5.41, 5.74) is 7.50. The van der Waals surface area contributed by atoms with E-state index in [1.165, 1.54) is 28.2 Å². The standard InChI is InChI=1S/C15H13FN4O2S/c1-2-22-14(21)12-8-23-15(18-12)20-13(17)7-11(19-20)9-3-5-10(16)6-4-9/h3-8H,2,17H2,1H3. The molecule has 3 aromatic rings. The molecule has 0 aliphatic rings.